The lowest BCUT2D eigenvalue weighted by molar-refractivity contribution is 0.268. The molecule has 5 nitrogen and oxygen atoms in total. The van der Waals surface area contributed by atoms with Crippen molar-refractivity contribution in [3.63, 3.8) is 0 Å². The third-order valence-corrected chi connectivity index (χ3v) is 4.56. The molecule has 1 aromatic heterocycles. The molecule has 0 unspecified atom stereocenters. The summed E-state index contributed by atoms with van der Waals surface area (Å²) in [6.45, 7) is 3.29. The van der Waals surface area contributed by atoms with Crippen LogP contribution in [-0.4, -0.2) is 28.1 Å². The van der Waals surface area contributed by atoms with Gasteiger partial charge in [-0.15, -0.1) is 0 Å². The summed E-state index contributed by atoms with van der Waals surface area (Å²) >= 11 is 0. The Morgan fingerprint density at radius 2 is 1.88 bits per heavy atom. The van der Waals surface area contributed by atoms with E-state index in [4.69, 9.17) is 0 Å². The van der Waals surface area contributed by atoms with Crippen molar-refractivity contribution in [3.05, 3.63) is 78.0 Å². The van der Waals surface area contributed by atoms with E-state index >= 15 is 0 Å². The summed E-state index contributed by atoms with van der Waals surface area (Å²) in [5.74, 6) is 1.19. The Labute approximate surface area is 153 Å². The van der Waals surface area contributed by atoms with Gasteiger partial charge in [0.2, 0.25) is 0 Å². The fraction of sp³-hybridized carbons (Fsp3) is 0.190. The predicted octanol–water partition coefficient (Wildman–Crippen LogP) is 3.96. The van der Waals surface area contributed by atoms with Gasteiger partial charge in [-0.2, -0.15) is 0 Å². The number of hydrogen-bond donors (Lipinski definition) is 3. The number of pyridine rings is 1. The first-order chi connectivity index (χ1) is 12.8. The molecule has 5 heteroatoms. The molecule has 0 amide bonds. The van der Waals surface area contributed by atoms with E-state index in [0.717, 1.165) is 48.9 Å². The Morgan fingerprint density at radius 3 is 2.73 bits per heavy atom. The second kappa shape index (κ2) is 7.45. The number of nitrogens with zero attached hydrogens (tertiary/aromatic N) is 2. The van der Waals surface area contributed by atoms with Gasteiger partial charge >= 0.3 is 0 Å². The predicted molar refractivity (Wildman–Crippen MR) is 105 cm³/mol. The Kier molecular flexibility index (Phi) is 4.71. The number of nitrogens with one attached hydrogen (secondary N) is 2. The van der Waals surface area contributed by atoms with Gasteiger partial charge in [0.1, 0.15) is 11.6 Å². The average Bonchev–Trinajstić information content (AvgIpc) is 2.86. The van der Waals surface area contributed by atoms with Crippen LogP contribution >= 0.6 is 0 Å². The maximum atomic E-state index is 10.1. The third kappa shape index (κ3) is 3.78. The van der Waals surface area contributed by atoms with Crippen molar-refractivity contribution in [2.45, 2.75) is 13.1 Å². The second-order valence-electron chi connectivity index (χ2n) is 6.48. The summed E-state index contributed by atoms with van der Waals surface area (Å²) in [4.78, 5) is 6.85. The van der Waals surface area contributed by atoms with Crippen LogP contribution in [0.25, 0.3) is 0 Å². The quantitative estimate of drug-likeness (QED) is 0.667. The minimum atomic E-state index is 0.353. The topological polar surface area (TPSA) is 60.4 Å². The van der Waals surface area contributed by atoms with Crippen LogP contribution in [0, 0.1) is 0 Å². The number of para-hydroxylation sites is 2. The van der Waals surface area contributed by atoms with E-state index in [2.05, 4.69) is 26.6 Å². The van der Waals surface area contributed by atoms with E-state index in [9.17, 15) is 5.11 Å². The smallest absolute Gasteiger partial charge is 0.130 e. The third-order valence-electron chi connectivity index (χ3n) is 4.56. The summed E-state index contributed by atoms with van der Waals surface area (Å²) in [6.07, 6.45) is 1.89. The Bertz CT molecular complexity index is 882. The zero-order valence-electron chi connectivity index (χ0n) is 14.5. The summed E-state index contributed by atoms with van der Waals surface area (Å²) < 4.78 is 0. The molecule has 0 fully saturated rings. The van der Waals surface area contributed by atoms with Crippen molar-refractivity contribution in [2.75, 3.05) is 23.7 Å². The molecular formula is C21H22N4O. The van der Waals surface area contributed by atoms with Crippen LogP contribution in [0.3, 0.4) is 0 Å². The number of aromatic hydroxyl groups is 1. The highest BCUT2D eigenvalue weighted by atomic mass is 16.3. The number of hydrogen-bond acceptors (Lipinski definition) is 5. The lowest BCUT2D eigenvalue weighted by Crippen LogP contribution is -2.25. The van der Waals surface area contributed by atoms with E-state index in [1.807, 2.05) is 54.7 Å². The van der Waals surface area contributed by atoms with Crippen molar-refractivity contribution in [1.82, 2.24) is 9.88 Å². The summed E-state index contributed by atoms with van der Waals surface area (Å²) in [6, 6.07) is 19.7. The van der Waals surface area contributed by atoms with Gasteiger partial charge in [0, 0.05) is 37.4 Å². The zero-order valence-corrected chi connectivity index (χ0v) is 14.5. The highest BCUT2D eigenvalue weighted by molar-refractivity contribution is 5.61. The van der Waals surface area contributed by atoms with Gasteiger partial charge in [-0.25, -0.2) is 4.98 Å². The number of fused-ring (bicyclic) bond motifs is 1. The molecule has 132 valence electrons. The molecule has 3 N–H and O–H groups in total. The fourth-order valence-electron chi connectivity index (χ4n) is 3.21. The van der Waals surface area contributed by atoms with Gasteiger partial charge in [-0.3, -0.25) is 4.90 Å². The Hall–Kier alpha value is -3.05. The van der Waals surface area contributed by atoms with Crippen LogP contribution in [0.15, 0.2) is 66.9 Å². The molecule has 1 aliphatic heterocycles. The largest absolute Gasteiger partial charge is 0.508 e. The molecule has 1 aliphatic rings. The lowest BCUT2D eigenvalue weighted by Gasteiger charge is -2.20. The van der Waals surface area contributed by atoms with Crippen molar-refractivity contribution < 1.29 is 5.11 Å². The van der Waals surface area contributed by atoms with E-state index in [1.54, 1.807) is 6.07 Å². The van der Waals surface area contributed by atoms with Crippen LogP contribution in [-0.2, 0) is 13.1 Å². The molecule has 3 aromatic rings. The van der Waals surface area contributed by atoms with Crippen LogP contribution in [0.4, 0.5) is 17.2 Å². The van der Waals surface area contributed by atoms with E-state index < -0.39 is 0 Å². The van der Waals surface area contributed by atoms with E-state index in [-0.39, 0.29) is 0 Å². The SMILES string of the molecule is Oc1ccccc1CN1CCNc2cnc(Nc3ccccc3)cc2C1. The standard InChI is InChI=1S/C21H22N4O/c26-20-9-5-4-6-16(20)14-25-11-10-22-19-13-23-21(12-17(19)15-25)24-18-7-2-1-3-8-18/h1-9,12-13,22,26H,10-11,14-15H2,(H,23,24). The maximum Gasteiger partial charge on any atom is 0.130 e. The maximum absolute atomic E-state index is 10.1. The number of phenols is 1. The minimum Gasteiger partial charge on any atom is -0.508 e. The molecule has 2 aromatic carbocycles. The first-order valence-electron chi connectivity index (χ1n) is 8.82. The molecule has 0 spiro atoms. The normalized spacial score (nSPS) is 14.2. The number of benzene rings is 2. The Morgan fingerprint density at radius 1 is 1.08 bits per heavy atom. The number of rotatable bonds is 4. The first-order valence-corrected chi connectivity index (χ1v) is 8.82. The van der Waals surface area contributed by atoms with Gasteiger partial charge in [0.25, 0.3) is 0 Å². The summed E-state index contributed by atoms with van der Waals surface area (Å²) in [5, 5.41) is 16.9. The van der Waals surface area contributed by atoms with Crippen molar-refractivity contribution in [2.24, 2.45) is 0 Å². The van der Waals surface area contributed by atoms with Crippen LogP contribution in [0.5, 0.6) is 5.75 Å². The highest BCUT2D eigenvalue weighted by Crippen LogP contribution is 2.26. The van der Waals surface area contributed by atoms with E-state index in [0.29, 0.717) is 5.75 Å². The molecule has 4 rings (SSSR count). The van der Waals surface area contributed by atoms with Gasteiger partial charge < -0.3 is 15.7 Å². The van der Waals surface area contributed by atoms with Gasteiger partial charge in [-0.05, 0) is 29.8 Å². The molecule has 26 heavy (non-hydrogen) atoms. The van der Waals surface area contributed by atoms with Crippen molar-refractivity contribution >= 4 is 17.2 Å². The monoisotopic (exact) mass is 346 g/mol. The molecule has 0 saturated heterocycles. The number of phenolic OH excluding ortho intramolecular Hbond substituents is 1. The van der Waals surface area contributed by atoms with Crippen molar-refractivity contribution in [1.29, 1.82) is 0 Å². The molecule has 2 heterocycles. The molecular weight excluding hydrogens is 324 g/mol. The summed E-state index contributed by atoms with van der Waals surface area (Å²) in [5.41, 5.74) is 4.25. The fourth-order valence-corrected chi connectivity index (χ4v) is 3.21. The highest BCUT2D eigenvalue weighted by Gasteiger charge is 2.16. The minimum absolute atomic E-state index is 0.353. The molecule has 0 saturated carbocycles. The Balaban J connectivity index is 1.53. The number of aromatic nitrogens is 1. The number of anilines is 3. The average molecular weight is 346 g/mol. The molecule has 0 radical (unpaired) electrons. The molecule has 0 bridgehead atoms. The summed E-state index contributed by atoms with van der Waals surface area (Å²) in [7, 11) is 0. The first kappa shape index (κ1) is 16.4. The van der Waals surface area contributed by atoms with Gasteiger partial charge in [0.05, 0.1) is 11.9 Å². The van der Waals surface area contributed by atoms with Gasteiger partial charge in [-0.1, -0.05) is 36.4 Å². The molecule has 0 aliphatic carbocycles. The second-order valence-corrected chi connectivity index (χ2v) is 6.48. The van der Waals surface area contributed by atoms with Gasteiger partial charge in [0.15, 0.2) is 0 Å². The lowest BCUT2D eigenvalue weighted by atomic mass is 10.1. The van der Waals surface area contributed by atoms with E-state index in [1.165, 1.54) is 5.56 Å². The van der Waals surface area contributed by atoms with Crippen LogP contribution in [0.1, 0.15) is 11.1 Å². The molecule has 0 atom stereocenters. The zero-order chi connectivity index (χ0) is 17.8. The van der Waals surface area contributed by atoms with Crippen molar-refractivity contribution in [3.8, 4) is 5.75 Å². The van der Waals surface area contributed by atoms with Crippen LogP contribution < -0.4 is 10.6 Å². The van der Waals surface area contributed by atoms with Crippen LogP contribution in [0.2, 0.25) is 0 Å².